The molecule has 7 nitrogen and oxygen atoms in total. The molecule has 0 bridgehead atoms. The first-order chi connectivity index (χ1) is 11.3. The van der Waals surface area contributed by atoms with Gasteiger partial charge in [-0.1, -0.05) is 6.07 Å². The van der Waals surface area contributed by atoms with Gasteiger partial charge in [0.2, 0.25) is 0 Å². The van der Waals surface area contributed by atoms with Crippen LogP contribution in [-0.4, -0.2) is 60.0 Å². The Kier molecular flexibility index (Phi) is 4.40. The summed E-state index contributed by atoms with van der Waals surface area (Å²) < 4.78 is 11.0. The Morgan fingerprint density at radius 1 is 1.38 bits per heavy atom. The molecule has 132 valence electrons. The number of hydrogen-bond acceptors (Lipinski definition) is 6. The Labute approximate surface area is 142 Å². The van der Waals surface area contributed by atoms with Gasteiger partial charge in [0.25, 0.3) is 0 Å². The molecule has 0 aromatic carbocycles. The smallest absolute Gasteiger partial charge is 0.411 e. The van der Waals surface area contributed by atoms with E-state index in [1.807, 2.05) is 43.9 Å². The summed E-state index contributed by atoms with van der Waals surface area (Å²) in [4.78, 5) is 21.2. The second kappa shape index (κ2) is 6.22. The summed E-state index contributed by atoms with van der Waals surface area (Å²) in [6.07, 6.45) is -0.269. The number of anilines is 1. The van der Waals surface area contributed by atoms with Crippen molar-refractivity contribution < 1.29 is 14.3 Å². The van der Waals surface area contributed by atoms with E-state index in [0.29, 0.717) is 39.4 Å². The predicted molar refractivity (Wildman–Crippen MR) is 90.8 cm³/mol. The number of piperazine rings is 1. The summed E-state index contributed by atoms with van der Waals surface area (Å²) in [5.74, 6) is 0.896. The lowest BCUT2D eigenvalue weighted by molar-refractivity contribution is -0.138. The SMILES string of the molecule is CC(C)(C)OC(=O)N1CCN(c2cccc(CN)n2)CC12COC2. The monoisotopic (exact) mass is 334 g/mol. The van der Waals surface area contributed by atoms with Crippen LogP contribution >= 0.6 is 0 Å². The fraction of sp³-hybridized carbons (Fsp3) is 0.647. The topological polar surface area (TPSA) is 80.9 Å². The van der Waals surface area contributed by atoms with E-state index in [0.717, 1.165) is 11.5 Å². The van der Waals surface area contributed by atoms with Crippen LogP contribution in [0.3, 0.4) is 0 Å². The van der Waals surface area contributed by atoms with Gasteiger partial charge in [-0.3, -0.25) is 4.90 Å². The van der Waals surface area contributed by atoms with Crippen molar-refractivity contribution in [3.05, 3.63) is 23.9 Å². The lowest BCUT2D eigenvalue weighted by Gasteiger charge is -2.54. The Hall–Kier alpha value is -1.86. The Morgan fingerprint density at radius 2 is 2.12 bits per heavy atom. The summed E-state index contributed by atoms with van der Waals surface area (Å²) in [6, 6.07) is 5.87. The molecule has 2 aliphatic heterocycles. The normalized spacial score (nSPS) is 20.0. The molecule has 1 amide bonds. The largest absolute Gasteiger partial charge is 0.444 e. The van der Waals surface area contributed by atoms with Crippen molar-refractivity contribution in [3.8, 4) is 0 Å². The standard InChI is InChI=1S/C17H26N4O3/c1-16(2,3)24-15(22)21-8-7-20(10-17(21)11-23-12-17)14-6-4-5-13(9-18)19-14/h4-6H,7-12,18H2,1-3H3. The minimum atomic E-state index is -0.503. The van der Waals surface area contributed by atoms with E-state index >= 15 is 0 Å². The van der Waals surface area contributed by atoms with Crippen LogP contribution < -0.4 is 10.6 Å². The second-order valence-corrected chi connectivity index (χ2v) is 7.46. The minimum Gasteiger partial charge on any atom is -0.444 e. The van der Waals surface area contributed by atoms with Crippen LogP contribution in [-0.2, 0) is 16.0 Å². The highest BCUT2D eigenvalue weighted by atomic mass is 16.6. The van der Waals surface area contributed by atoms with Gasteiger partial charge in [-0.15, -0.1) is 0 Å². The van der Waals surface area contributed by atoms with Crippen LogP contribution in [0.25, 0.3) is 0 Å². The summed E-state index contributed by atoms with van der Waals surface area (Å²) in [5, 5.41) is 0. The number of nitrogens with two attached hydrogens (primary N) is 1. The van der Waals surface area contributed by atoms with E-state index < -0.39 is 5.60 Å². The molecule has 0 radical (unpaired) electrons. The lowest BCUT2D eigenvalue weighted by Crippen LogP contribution is -2.73. The van der Waals surface area contributed by atoms with Crippen LogP contribution in [0.15, 0.2) is 18.2 Å². The van der Waals surface area contributed by atoms with E-state index in [-0.39, 0.29) is 11.6 Å². The summed E-state index contributed by atoms with van der Waals surface area (Å²) in [7, 11) is 0. The van der Waals surface area contributed by atoms with Crippen molar-refractivity contribution in [3.63, 3.8) is 0 Å². The van der Waals surface area contributed by atoms with E-state index in [2.05, 4.69) is 9.88 Å². The number of nitrogens with zero attached hydrogens (tertiary/aromatic N) is 3. The van der Waals surface area contributed by atoms with Crippen LogP contribution in [0.1, 0.15) is 26.5 Å². The van der Waals surface area contributed by atoms with Gasteiger partial charge in [0.15, 0.2) is 0 Å². The second-order valence-electron chi connectivity index (χ2n) is 7.46. The molecule has 3 rings (SSSR count). The highest BCUT2D eigenvalue weighted by Crippen LogP contribution is 2.32. The maximum Gasteiger partial charge on any atom is 0.411 e. The lowest BCUT2D eigenvalue weighted by atomic mass is 9.92. The van der Waals surface area contributed by atoms with E-state index in [9.17, 15) is 4.79 Å². The van der Waals surface area contributed by atoms with Gasteiger partial charge in [0.1, 0.15) is 17.0 Å². The molecule has 2 fully saturated rings. The van der Waals surface area contributed by atoms with Crippen LogP contribution in [0.2, 0.25) is 0 Å². The molecule has 1 aromatic rings. The Bertz CT molecular complexity index is 610. The maximum absolute atomic E-state index is 12.6. The molecule has 2 aliphatic rings. The summed E-state index contributed by atoms with van der Waals surface area (Å²) >= 11 is 0. The molecule has 0 unspecified atom stereocenters. The van der Waals surface area contributed by atoms with Crippen molar-refractivity contribution in [2.75, 3.05) is 37.7 Å². The number of aromatic nitrogens is 1. The number of carbonyl (C=O) groups is 1. The summed E-state index contributed by atoms with van der Waals surface area (Å²) in [6.45, 7) is 9.11. The Morgan fingerprint density at radius 3 is 2.71 bits per heavy atom. The predicted octanol–water partition coefficient (Wildman–Crippen LogP) is 1.37. The van der Waals surface area contributed by atoms with Gasteiger partial charge in [-0.2, -0.15) is 0 Å². The van der Waals surface area contributed by atoms with Crippen LogP contribution in [0, 0.1) is 0 Å². The summed E-state index contributed by atoms with van der Waals surface area (Å²) in [5.41, 5.74) is 5.72. The molecule has 2 saturated heterocycles. The van der Waals surface area contributed by atoms with Gasteiger partial charge in [0, 0.05) is 26.2 Å². The molecule has 2 N–H and O–H groups in total. The van der Waals surface area contributed by atoms with Crippen LogP contribution in [0.4, 0.5) is 10.6 Å². The molecule has 1 aromatic heterocycles. The first-order valence-electron chi connectivity index (χ1n) is 8.32. The number of pyridine rings is 1. The van der Waals surface area contributed by atoms with E-state index in [4.69, 9.17) is 15.2 Å². The average Bonchev–Trinajstić information content (AvgIpc) is 2.51. The fourth-order valence-electron chi connectivity index (χ4n) is 3.12. The van der Waals surface area contributed by atoms with Crippen molar-refractivity contribution in [1.82, 2.24) is 9.88 Å². The number of amides is 1. The first-order valence-corrected chi connectivity index (χ1v) is 8.32. The van der Waals surface area contributed by atoms with Crippen LogP contribution in [0.5, 0.6) is 0 Å². The molecule has 3 heterocycles. The van der Waals surface area contributed by atoms with Gasteiger partial charge in [-0.25, -0.2) is 9.78 Å². The third-order valence-corrected chi connectivity index (χ3v) is 4.33. The number of carbonyl (C=O) groups excluding carboxylic acids is 1. The third-order valence-electron chi connectivity index (χ3n) is 4.33. The molecule has 0 atom stereocenters. The third kappa shape index (κ3) is 3.32. The van der Waals surface area contributed by atoms with Gasteiger partial charge in [-0.05, 0) is 32.9 Å². The molecule has 24 heavy (non-hydrogen) atoms. The van der Waals surface area contributed by atoms with Crippen molar-refractivity contribution in [1.29, 1.82) is 0 Å². The average molecular weight is 334 g/mol. The number of hydrogen-bond donors (Lipinski definition) is 1. The Balaban J connectivity index is 1.76. The van der Waals surface area contributed by atoms with Gasteiger partial charge >= 0.3 is 6.09 Å². The maximum atomic E-state index is 12.6. The van der Waals surface area contributed by atoms with Crippen molar-refractivity contribution >= 4 is 11.9 Å². The van der Waals surface area contributed by atoms with Gasteiger partial charge in [0.05, 0.1) is 18.9 Å². The molecule has 1 spiro atoms. The minimum absolute atomic E-state index is 0.269. The zero-order valence-electron chi connectivity index (χ0n) is 14.6. The quantitative estimate of drug-likeness (QED) is 0.880. The molecule has 0 saturated carbocycles. The number of ether oxygens (including phenoxy) is 2. The molecular weight excluding hydrogens is 308 g/mol. The zero-order valence-corrected chi connectivity index (χ0v) is 14.6. The molecule has 0 aliphatic carbocycles. The molecule has 7 heteroatoms. The van der Waals surface area contributed by atoms with Crippen molar-refractivity contribution in [2.45, 2.75) is 38.5 Å². The fourth-order valence-corrected chi connectivity index (χ4v) is 3.12. The first kappa shape index (κ1) is 17.0. The van der Waals surface area contributed by atoms with Crippen molar-refractivity contribution in [2.24, 2.45) is 5.73 Å². The van der Waals surface area contributed by atoms with Gasteiger partial charge < -0.3 is 20.1 Å². The highest BCUT2D eigenvalue weighted by Gasteiger charge is 2.51. The number of rotatable bonds is 2. The zero-order chi connectivity index (χ0) is 17.4. The highest BCUT2D eigenvalue weighted by molar-refractivity contribution is 5.70. The van der Waals surface area contributed by atoms with E-state index in [1.54, 1.807) is 0 Å². The molecular formula is C17H26N4O3. The van der Waals surface area contributed by atoms with E-state index in [1.165, 1.54) is 0 Å².